The third kappa shape index (κ3) is 11.1. The number of hydrogen-bond acceptors (Lipinski definition) is 10. The van der Waals surface area contributed by atoms with Crippen LogP contribution in [0.1, 0.15) is 84.6 Å². The van der Waals surface area contributed by atoms with Crippen LogP contribution in [-0.4, -0.2) is 75.5 Å². The van der Waals surface area contributed by atoms with E-state index >= 15 is 0 Å². The molecule has 2 atom stereocenters. The van der Waals surface area contributed by atoms with Crippen LogP contribution in [0.4, 0.5) is 17.1 Å². The molecule has 2 aliphatic carbocycles. The quantitative estimate of drug-likeness (QED) is 0.0632. The van der Waals surface area contributed by atoms with Crippen molar-refractivity contribution in [1.82, 2.24) is 0 Å². The van der Waals surface area contributed by atoms with Crippen LogP contribution in [0.15, 0.2) is 113 Å². The van der Waals surface area contributed by atoms with E-state index < -0.39 is 17.3 Å². The molecule has 0 fully saturated rings. The van der Waals surface area contributed by atoms with Crippen LogP contribution in [0, 0.1) is 11.8 Å². The van der Waals surface area contributed by atoms with Crippen LogP contribution in [-0.2, 0) is 23.8 Å². The summed E-state index contributed by atoms with van der Waals surface area (Å²) in [5.74, 6) is -0.453. The predicted octanol–water partition coefficient (Wildman–Crippen LogP) is 10.7. The topological polar surface area (TPSA) is 118 Å². The van der Waals surface area contributed by atoms with Crippen LogP contribution >= 0.6 is 0 Å². The van der Waals surface area contributed by atoms with Gasteiger partial charge in [0.2, 0.25) is 5.78 Å². The third-order valence-corrected chi connectivity index (χ3v) is 11.5. The number of anilines is 3. The molecule has 0 aromatic heterocycles. The van der Waals surface area contributed by atoms with Crippen LogP contribution in [0.3, 0.4) is 0 Å². The molecule has 2 unspecified atom stereocenters. The number of aromatic hydroxyl groups is 1. The van der Waals surface area contributed by atoms with E-state index in [-0.39, 0.29) is 39.5 Å². The molecule has 2 aliphatic rings. The number of unbranched alkanes of at least 4 members (excludes halogenated alkanes) is 2. The number of phenolic OH excluding ortho intramolecular Hbond substituents is 1. The molecule has 0 heterocycles. The largest absolute Gasteiger partial charge is 0.507 e. The van der Waals surface area contributed by atoms with Gasteiger partial charge in [-0.05, 0) is 48.9 Å². The molecule has 0 aliphatic heterocycles. The van der Waals surface area contributed by atoms with Crippen LogP contribution in [0.2, 0.25) is 0 Å². The molecule has 0 saturated heterocycles. The van der Waals surface area contributed by atoms with Crippen molar-refractivity contribution < 1.29 is 38.7 Å². The van der Waals surface area contributed by atoms with Crippen LogP contribution in [0.5, 0.6) is 11.5 Å². The minimum atomic E-state index is -0.610. The maximum Gasteiger partial charge on any atom is 0.202 e. The highest BCUT2D eigenvalue weighted by Gasteiger charge is 2.43. The lowest BCUT2D eigenvalue weighted by Crippen LogP contribution is -2.31. The molecule has 3 aromatic rings. The van der Waals surface area contributed by atoms with Crippen molar-refractivity contribution in [2.75, 3.05) is 63.5 Å². The minimum Gasteiger partial charge on any atom is -0.507 e. The summed E-state index contributed by atoms with van der Waals surface area (Å²) in [5, 5.41) is 23.1. The summed E-state index contributed by atoms with van der Waals surface area (Å²) < 4.78 is 23.8. The van der Waals surface area contributed by atoms with Gasteiger partial charge in [-0.3, -0.25) is 9.59 Å². The van der Waals surface area contributed by atoms with Gasteiger partial charge in [0.15, 0.2) is 5.78 Å². The number of benzene rings is 3. The van der Waals surface area contributed by atoms with Crippen molar-refractivity contribution in [2.24, 2.45) is 11.8 Å². The SMILES string of the molecule is CCCCC(CC)COCCN(C1=CC(=O)/C(=C2\C(=O)C(c3c(O)cc(N(CCOCC(CC)CCCC)c4ccccc4)cc3OC)=C2O)C(OC)=C1)c1ccccc1. The molecular formula is C50H64N2O8. The summed E-state index contributed by atoms with van der Waals surface area (Å²) in [6, 6.07) is 22.8. The lowest BCUT2D eigenvalue weighted by Gasteiger charge is -2.31. The minimum absolute atomic E-state index is 0.0387. The van der Waals surface area contributed by atoms with Gasteiger partial charge in [0, 0.05) is 73.3 Å². The van der Waals surface area contributed by atoms with Crippen molar-refractivity contribution in [3.8, 4) is 11.5 Å². The Bertz CT molecular complexity index is 2020. The number of nitrogens with zero attached hydrogens (tertiary/aromatic N) is 2. The number of aliphatic hydroxyl groups is 1. The number of ether oxygens (including phenoxy) is 4. The predicted molar refractivity (Wildman–Crippen MR) is 240 cm³/mol. The molecule has 3 aromatic carbocycles. The maximum absolute atomic E-state index is 14.1. The number of ketones is 2. The number of methoxy groups -OCH3 is 2. The average molecular weight is 821 g/mol. The van der Waals surface area contributed by atoms with Gasteiger partial charge in [-0.15, -0.1) is 0 Å². The van der Waals surface area contributed by atoms with Crippen molar-refractivity contribution in [1.29, 1.82) is 0 Å². The first-order valence-electron chi connectivity index (χ1n) is 21.7. The summed E-state index contributed by atoms with van der Waals surface area (Å²) in [6.45, 7) is 12.0. The number of aliphatic hydroxyl groups excluding tert-OH is 1. The molecule has 0 saturated carbocycles. The Balaban J connectivity index is 1.41. The molecule has 0 amide bonds. The van der Waals surface area contributed by atoms with Gasteiger partial charge in [0.1, 0.15) is 23.0 Å². The summed E-state index contributed by atoms with van der Waals surface area (Å²) in [6.07, 6.45) is 12.2. The lowest BCUT2D eigenvalue weighted by molar-refractivity contribution is -0.114. The first-order chi connectivity index (χ1) is 29.2. The molecule has 2 N–H and O–H groups in total. The number of para-hydroxylation sites is 2. The third-order valence-electron chi connectivity index (χ3n) is 11.5. The smallest absolute Gasteiger partial charge is 0.202 e. The van der Waals surface area contributed by atoms with E-state index in [0.29, 0.717) is 62.7 Å². The van der Waals surface area contributed by atoms with Gasteiger partial charge in [-0.25, -0.2) is 0 Å². The van der Waals surface area contributed by atoms with Gasteiger partial charge >= 0.3 is 0 Å². The molecule has 5 rings (SSSR count). The number of rotatable bonds is 25. The normalized spacial score (nSPS) is 16.2. The standard InChI is InChI=1S/C50H64N2O8/c1-7-11-19-35(9-3)33-59-27-25-51(37-21-15-13-16-22-37)39-29-41(53)45(43(31-39)57-5)47-49(55)48(50(47)56)46-42(54)30-40(32-44(46)58-6)52(38-23-17-14-18-24-38)26-28-60-34-36(10-4)20-12-8-2/h13-18,21-24,29-32,35-36,53,55H,7-12,19-20,25-28,33-34H2,1-6H3/b48-46+. The average Bonchev–Trinajstić information content (AvgIpc) is 3.27. The zero-order chi connectivity index (χ0) is 43.0. The maximum atomic E-state index is 14.1. The number of allylic oxidation sites excluding steroid dienone is 5. The summed E-state index contributed by atoms with van der Waals surface area (Å²) in [7, 11) is 2.87. The van der Waals surface area contributed by atoms with Crippen LogP contribution in [0.25, 0.3) is 5.57 Å². The van der Waals surface area contributed by atoms with E-state index in [1.165, 1.54) is 33.1 Å². The second-order valence-corrected chi connectivity index (χ2v) is 15.4. The van der Waals surface area contributed by atoms with Crippen molar-refractivity contribution in [3.63, 3.8) is 0 Å². The van der Waals surface area contributed by atoms with Crippen molar-refractivity contribution in [2.45, 2.75) is 79.1 Å². The second kappa shape index (κ2) is 22.9. The molecule has 0 spiro atoms. The highest BCUT2D eigenvalue weighted by molar-refractivity contribution is 6.42. The lowest BCUT2D eigenvalue weighted by atomic mass is 9.78. The monoisotopic (exact) mass is 820 g/mol. The van der Waals surface area contributed by atoms with Gasteiger partial charge < -0.3 is 39.0 Å². The van der Waals surface area contributed by atoms with E-state index in [9.17, 15) is 19.8 Å². The molecule has 10 nitrogen and oxygen atoms in total. The zero-order valence-corrected chi connectivity index (χ0v) is 36.4. The summed E-state index contributed by atoms with van der Waals surface area (Å²) >= 11 is 0. The molecule has 60 heavy (non-hydrogen) atoms. The number of carbonyl (C=O) groups excluding carboxylic acids is 2. The number of Topliss-reactive ketones (excluding diaryl/α,β-unsaturated/α-hetero) is 1. The number of phenols is 1. The highest BCUT2D eigenvalue weighted by Crippen LogP contribution is 2.48. The molecule has 10 heteroatoms. The Kier molecular flexibility index (Phi) is 17.5. The van der Waals surface area contributed by atoms with E-state index in [1.54, 1.807) is 18.2 Å². The fourth-order valence-corrected chi connectivity index (χ4v) is 7.80. The van der Waals surface area contributed by atoms with Crippen molar-refractivity contribution >= 4 is 34.2 Å². The fourth-order valence-electron chi connectivity index (χ4n) is 7.80. The molecular weight excluding hydrogens is 757 g/mol. The Hall–Kier alpha value is -5.32. The van der Waals surface area contributed by atoms with Gasteiger partial charge in [-0.2, -0.15) is 0 Å². The van der Waals surface area contributed by atoms with Gasteiger partial charge in [0.05, 0.1) is 49.7 Å². The van der Waals surface area contributed by atoms with E-state index in [2.05, 4.69) is 27.7 Å². The number of hydrogen-bond donors (Lipinski definition) is 2. The molecule has 322 valence electrons. The first-order valence-corrected chi connectivity index (χ1v) is 21.7. The first kappa shape index (κ1) is 45.8. The Morgan fingerprint density at radius 1 is 0.633 bits per heavy atom. The second-order valence-electron chi connectivity index (χ2n) is 15.4. The number of carbonyl (C=O) groups is 2. The Labute approximate surface area is 356 Å². The molecule has 0 bridgehead atoms. The Morgan fingerprint density at radius 2 is 1.18 bits per heavy atom. The Morgan fingerprint density at radius 3 is 1.68 bits per heavy atom. The molecule has 0 radical (unpaired) electrons. The van der Waals surface area contributed by atoms with Gasteiger partial charge in [-0.1, -0.05) is 103 Å². The van der Waals surface area contributed by atoms with E-state index in [0.717, 1.165) is 49.9 Å². The van der Waals surface area contributed by atoms with E-state index in [4.69, 9.17) is 18.9 Å². The highest BCUT2D eigenvalue weighted by atomic mass is 16.5. The summed E-state index contributed by atoms with van der Waals surface area (Å²) in [5.41, 5.74) is 2.60. The van der Waals surface area contributed by atoms with Crippen molar-refractivity contribution in [3.05, 3.63) is 119 Å². The van der Waals surface area contributed by atoms with Crippen LogP contribution < -0.4 is 14.5 Å². The van der Waals surface area contributed by atoms with E-state index in [1.807, 2.05) is 70.5 Å². The summed E-state index contributed by atoms with van der Waals surface area (Å²) in [4.78, 5) is 32.1. The van der Waals surface area contributed by atoms with Gasteiger partial charge in [0.25, 0.3) is 0 Å². The fraction of sp³-hybridized carbons (Fsp3) is 0.440. The zero-order valence-electron chi connectivity index (χ0n) is 36.4.